The van der Waals surface area contributed by atoms with Crippen molar-refractivity contribution >= 4 is 17.8 Å². The van der Waals surface area contributed by atoms with Crippen molar-refractivity contribution in [3.05, 3.63) is 59.7 Å². The maximum atomic E-state index is 12.1. The average Bonchev–Trinajstić information content (AvgIpc) is 3.05. The van der Waals surface area contributed by atoms with Gasteiger partial charge in [0.25, 0.3) is 11.8 Å². The van der Waals surface area contributed by atoms with E-state index in [2.05, 4.69) is 10.9 Å². The number of ether oxygens (including phenoxy) is 3. The fraction of sp³-hybridized carbons (Fsp3) is 0.318. The monoisotopic (exact) mass is 412 g/mol. The summed E-state index contributed by atoms with van der Waals surface area (Å²) in [5.41, 5.74) is 5.55. The van der Waals surface area contributed by atoms with Crippen LogP contribution in [0.1, 0.15) is 36.7 Å². The lowest BCUT2D eigenvalue weighted by Crippen LogP contribution is -2.47. The molecule has 1 atom stereocenters. The van der Waals surface area contributed by atoms with Crippen molar-refractivity contribution in [2.45, 2.75) is 38.9 Å². The molecule has 1 heterocycles. The van der Waals surface area contributed by atoms with Gasteiger partial charge in [0.15, 0.2) is 24.2 Å². The van der Waals surface area contributed by atoms with E-state index >= 15 is 0 Å². The molecule has 158 valence electrons. The van der Waals surface area contributed by atoms with Crippen molar-refractivity contribution < 1.29 is 28.6 Å². The van der Waals surface area contributed by atoms with Gasteiger partial charge < -0.3 is 14.2 Å². The highest BCUT2D eigenvalue weighted by molar-refractivity contribution is 5.95. The molecule has 1 aliphatic rings. The molecule has 0 unspecified atom stereocenters. The van der Waals surface area contributed by atoms with Crippen LogP contribution in [0.4, 0.5) is 0 Å². The first-order valence-electron chi connectivity index (χ1n) is 9.53. The minimum atomic E-state index is -1.12. The average molecular weight is 412 g/mol. The number of hydrazine groups is 1. The summed E-state index contributed by atoms with van der Waals surface area (Å²) in [7, 11) is 0. The third-order valence-corrected chi connectivity index (χ3v) is 4.41. The van der Waals surface area contributed by atoms with Crippen LogP contribution in [0.15, 0.2) is 48.5 Å². The van der Waals surface area contributed by atoms with Crippen LogP contribution >= 0.6 is 0 Å². The summed E-state index contributed by atoms with van der Waals surface area (Å²) in [6, 6.07) is 13.9. The topological polar surface area (TPSA) is 103 Å². The van der Waals surface area contributed by atoms with E-state index in [4.69, 9.17) is 14.2 Å². The van der Waals surface area contributed by atoms with Gasteiger partial charge in [-0.2, -0.15) is 0 Å². The molecular weight excluding hydrogens is 388 g/mol. The van der Waals surface area contributed by atoms with Crippen LogP contribution < -0.4 is 20.3 Å². The summed E-state index contributed by atoms with van der Waals surface area (Å²) in [5, 5.41) is 0. The number of rotatable bonds is 6. The van der Waals surface area contributed by atoms with Crippen LogP contribution in [-0.2, 0) is 20.7 Å². The summed E-state index contributed by atoms with van der Waals surface area (Å²) in [6.45, 7) is 4.96. The van der Waals surface area contributed by atoms with Crippen LogP contribution in [0.5, 0.6) is 11.5 Å². The van der Waals surface area contributed by atoms with Crippen molar-refractivity contribution in [1.82, 2.24) is 10.9 Å². The van der Waals surface area contributed by atoms with E-state index < -0.39 is 23.9 Å². The lowest BCUT2D eigenvalue weighted by molar-refractivity contribution is -0.156. The van der Waals surface area contributed by atoms with Crippen molar-refractivity contribution in [2.24, 2.45) is 0 Å². The fourth-order valence-electron chi connectivity index (χ4n) is 3.00. The number of carbonyl (C=O) groups excluding carboxylic acids is 3. The number of amides is 2. The number of fused-ring (bicyclic) bond motifs is 1. The third-order valence-electron chi connectivity index (χ3n) is 4.41. The predicted octanol–water partition coefficient (Wildman–Crippen LogP) is 2.17. The number of hydrogen-bond donors (Lipinski definition) is 2. The first-order valence-corrected chi connectivity index (χ1v) is 9.53. The van der Waals surface area contributed by atoms with Crippen LogP contribution in [0.25, 0.3) is 0 Å². The Balaban J connectivity index is 1.46. The lowest BCUT2D eigenvalue weighted by atomic mass is 10.0. The second-order valence-corrected chi connectivity index (χ2v) is 7.51. The number of nitrogens with one attached hydrogen (secondary N) is 2. The van der Waals surface area contributed by atoms with Gasteiger partial charge in [-0.05, 0) is 39.0 Å². The lowest BCUT2D eigenvalue weighted by Gasteiger charge is -2.18. The van der Waals surface area contributed by atoms with Gasteiger partial charge in [-0.15, -0.1) is 0 Å². The van der Waals surface area contributed by atoms with Gasteiger partial charge in [-0.1, -0.05) is 30.3 Å². The number of hydrogen-bond acceptors (Lipinski definition) is 6. The Morgan fingerprint density at radius 2 is 1.80 bits per heavy atom. The summed E-state index contributed by atoms with van der Waals surface area (Å²) in [4.78, 5) is 36.0. The zero-order chi connectivity index (χ0) is 21.7. The molecule has 1 aliphatic heterocycles. The Morgan fingerprint density at radius 1 is 1.07 bits per heavy atom. The van der Waals surface area contributed by atoms with E-state index in [-0.39, 0.29) is 12.2 Å². The molecule has 2 amide bonds. The van der Waals surface area contributed by atoms with E-state index in [1.165, 1.54) is 6.92 Å². The van der Waals surface area contributed by atoms with Gasteiger partial charge >= 0.3 is 5.97 Å². The molecule has 0 saturated heterocycles. The minimum Gasteiger partial charge on any atom is -0.483 e. The number of carbonyl (C=O) groups is 3. The van der Waals surface area contributed by atoms with Crippen molar-refractivity contribution in [3.8, 4) is 11.5 Å². The molecule has 0 aliphatic carbocycles. The van der Waals surface area contributed by atoms with Gasteiger partial charge in [0.1, 0.15) is 5.60 Å². The van der Waals surface area contributed by atoms with E-state index in [0.717, 1.165) is 12.0 Å². The largest absolute Gasteiger partial charge is 0.483 e. The summed E-state index contributed by atoms with van der Waals surface area (Å²) < 4.78 is 16.5. The SMILES string of the molecule is C[C@H](OC(=O)COc1cccc2c1OC(C)(C)C2)C(=O)NNC(=O)c1ccccc1. The number of benzene rings is 2. The normalized spacial score (nSPS) is 14.6. The second-order valence-electron chi connectivity index (χ2n) is 7.51. The maximum absolute atomic E-state index is 12.1. The van der Waals surface area contributed by atoms with Gasteiger partial charge in [0.2, 0.25) is 0 Å². The molecule has 30 heavy (non-hydrogen) atoms. The Labute approximate surface area is 174 Å². The van der Waals surface area contributed by atoms with E-state index in [1.807, 2.05) is 26.0 Å². The third kappa shape index (κ3) is 5.28. The van der Waals surface area contributed by atoms with Crippen LogP contribution in [0, 0.1) is 0 Å². The summed E-state index contributed by atoms with van der Waals surface area (Å²) >= 11 is 0. The van der Waals surface area contributed by atoms with E-state index in [1.54, 1.807) is 36.4 Å². The summed E-state index contributed by atoms with van der Waals surface area (Å²) in [5.74, 6) is -0.807. The molecule has 0 saturated carbocycles. The summed E-state index contributed by atoms with van der Waals surface area (Å²) in [6.07, 6.45) is -0.371. The van der Waals surface area contributed by atoms with Crippen molar-refractivity contribution in [2.75, 3.05) is 6.61 Å². The quantitative estimate of drug-likeness (QED) is 0.557. The Hall–Kier alpha value is -3.55. The zero-order valence-corrected chi connectivity index (χ0v) is 17.1. The molecule has 2 aromatic rings. The Morgan fingerprint density at radius 3 is 2.53 bits per heavy atom. The van der Waals surface area contributed by atoms with Gasteiger partial charge in [-0.25, -0.2) is 4.79 Å². The minimum absolute atomic E-state index is 0.334. The van der Waals surface area contributed by atoms with Gasteiger partial charge in [0, 0.05) is 17.5 Å². The van der Waals surface area contributed by atoms with Crippen molar-refractivity contribution in [3.63, 3.8) is 0 Å². The van der Waals surface area contributed by atoms with Gasteiger partial charge in [0.05, 0.1) is 0 Å². The van der Waals surface area contributed by atoms with Crippen LogP contribution in [-0.4, -0.2) is 36.1 Å². The predicted molar refractivity (Wildman–Crippen MR) is 108 cm³/mol. The molecule has 2 N–H and O–H groups in total. The highest BCUT2D eigenvalue weighted by Gasteiger charge is 2.32. The second kappa shape index (κ2) is 8.86. The Bertz CT molecular complexity index is 942. The number of para-hydroxylation sites is 1. The molecule has 0 bridgehead atoms. The highest BCUT2D eigenvalue weighted by Crippen LogP contribution is 2.41. The Kier molecular flexibility index (Phi) is 6.25. The molecule has 0 spiro atoms. The smallest absolute Gasteiger partial charge is 0.344 e. The molecule has 2 aromatic carbocycles. The zero-order valence-electron chi connectivity index (χ0n) is 17.1. The number of esters is 1. The first kappa shape index (κ1) is 21.2. The van der Waals surface area contributed by atoms with E-state index in [9.17, 15) is 14.4 Å². The molecule has 0 radical (unpaired) electrons. The van der Waals surface area contributed by atoms with Crippen molar-refractivity contribution in [1.29, 1.82) is 0 Å². The van der Waals surface area contributed by atoms with Crippen LogP contribution in [0.2, 0.25) is 0 Å². The molecule has 3 rings (SSSR count). The fourth-order valence-corrected chi connectivity index (χ4v) is 3.00. The highest BCUT2D eigenvalue weighted by atomic mass is 16.6. The van der Waals surface area contributed by atoms with Crippen LogP contribution in [0.3, 0.4) is 0 Å². The maximum Gasteiger partial charge on any atom is 0.344 e. The molecule has 0 fully saturated rings. The molecule has 8 nitrogen and oxygen atoms in total. The van der Waals surface area contributed by atoms with E-state index in [0.29, 0.717) is 17.1 Å². The molecule has 8 heteroatoms. The first-order chi connectivity index (χ1) is 14.2. The van der Waals surface area contributed by atoms with Gasteiger partial charge in [-0.3, -0.25) is 20.4 Å². The molecular formula is C22H24N2O6. The standard InChI is InChI=1S/C22H24N2O6/c1-14(20(26)23-24-21(27)15-8-5-4-6-9-15)29-18(25)13-28-17-11-7-10-16-12-22(2,3)30-19(16)17/h4-11,14H,12-13H2,1-3H3,(H,23,26)(H,24,27)/t14-/m0/s1. The molecule has 0 aromatic heterocycles.